The zero-order valence-corrected chi connectivity index (χ0v) is 18.4. The molecule has 31 heavy (non-hydrogen) atoms. The van der Waals surface area contributed by atoms with Gasteiger partial charge in [-0.15, -0.1) is 0 Å². The molecule has 1 aliphatic rings. The third-order valence-corrected chi connectivity index (χ3v) is 5.37. The van der Waals surface area contributed by atoms with Crippen LogP contribution in [0.2, 0.25) is 0 Å². The molecule has 9 heteroatoms. The van der Waals surface area contributed by atoms with E-state index in [1.807, 2.05) is 32.9 Å². The molecule has 162 valence electrons. The molecule has 3 aromatic rings. The number of nitrogens with zero attached hydrogens (tertiary/aromatic N) is 4. The molecular weight excluding hydrogens is 398 g/mol. The van der Waals surface area contributed by atoms with E-state index in [1.165, 1.54) is 0 Å². The number of hydrogen-bond acceptors (Lipinski definition) is 7. The highest BCUT2D eigenvalue weighted by atomic mass is 16.5. The molecule has 1 aromatic carbocycles. The summed E-state index contributed by atoms with van der Waals surface area (Å²) in [4.78, 5) is 21.7. The fourth-order valence-electron chi connectivity index (χ4n) is 4.08. The first-order chi connectivity index (χ1) is 14.9. The quantitative estimate of drug-likeness (QED) is 0.673. The van der Waals surface area contributed by atoms with Crippen LogP contribution in [0.3, 0.4) is 0 Å². The van der Waals surface area contributed by atoms with Gasteiger partial charge in [0.1, 0.15) is 11.6 Å². The monoisotopic (exact) mass is 423 g/mol. The fourth-order valence-corrected chi connectivity index (χ4v) is 4.08. The van der Waals surface area contributed by atoms with Crippen LogP contribution in [0.25, 0.3) is 5.95 Å². The van der Waals surface area contributed by atoms with Crippen LogP contribution in [0.5, 0.6) is 17.2 Å². The van der Waals surface area contributed by atoms with Crippen LogP contribution in [-0.2, 0) is 4.79 Å². The van der Waals surface area contributed by atoms with Gasteiger partial charge in [0.15, 0.2) is 11.5 Å². The fraction of sp³-hybridized carbons (Fsp3) is 0.364. The normalized spacial score (nSPS) is 15.3. The van der Waals surface area contributed by atoms with E-state index < -0.39 is 0 Å². The summed E-state index contributed by atoms with van der Waals surface area (Å²) in [6.07, 6.45) is 0.249. The van der Waals surface area contributed by atoms with Gasteiger partial charge in [-0.3, -0.25) is 4.79 Å². The first kappa shape index (κ1) is 20.6. The Labute approximate surface area is 180 Å². The molecule has 0 saturated heterocycles. The van der Waals surface area contributed by atoms with Gasteiger partial charge in [-0.1, -0.05) is 0 Å². The third-order valence-electron chi connectivity index (χ3n) is 5.37. The first-order valence-corrected chi connectivity index (χ1v) is 9.88. The van der Waals surface area contributed by atoms with Gasteiger partial charge in [0.05, 0.1) is 27.0 Å². The number of amides is 1. The molecule has 0 fully saturated rings. The average molecular weight is 423 g/mol. The summed E-state index contributed by atoms with van der Waals surface area (Å²) in [7, 11) is 4.74. The second kappa shape index (κ2) is 7.90. The van der Waals surface area contributed by atoms with E-state index in [0.717, 1.165) is 28.2 Å². The molecule has 1 aliphatic heterocycles. The minimum absolute atomic E-state index is 0.125. The smallest absolute Gasteiger partial charge is 0.252 e. The van der Waals surface area contributed by atoms with E-state index in [2.05, 4.69) is 20.4 Å². The Kier molecular flexibility index (Phi) is 5.26. The van der Waals surface area contributed by atoms with Crippen molar-refractivity contribution >= 4 is 11.7 Å². The minimum atomic E-state index is -0.279. The zero-order valence-electron chi connectivity index (χ0n) is 18.4. The predicted molar refractivity (Wildman–Crippen MR) is 115 cm³/mol. The van der Waals surface area contributed by atoms with Crippen molar-refractivity contribution in [3.63, 3.8) is 0 Å². The van der Waals surface area contributed by atoms with Gasteiger partial charge in [-0.2, -0.15) is 9.78 Å². The molecule has 0 spiro atoms. The Hall–Kier alpha value is -3.62. The Morgan fingerprint density at radius 3 is 2.16 bits per heavy atom. The summed E-state index contributed by atoms with van der Waals surface area (Å²) in [6, 6.07) is 5.52. The Morgan fingerprint density at radius 2 is 1.55 bits per heavy atom. The maximum atomic E-state index is 12.7. The van der Waals surface area contributed by atoms with E-state index in [0.29, 0.717) is 29.0 Å². The lowest BCUT2D eigenvalue weighted by molar-refractivity contribution is -0.116. The zero-order chi connectivity index (χ0) is 22.3. The lowest BCUT2D eigenvalue weighted by atomic mass is 9.85. The maximum absolute atomic E-state index is 12.7. The van der Waals surface area contributed by atoms with Crippen LogP contribution >= 0.6 is 0 Å². The molecule has 1 atom stereocenters. The molecule has 0 bridgehead atoms. The first-order valence-electron chi connectivity index (χ1n) is 9.88. The van der Waals surface area contributed by atoms with Crippen molar-refractivity contribution < 1.29 is 19.0 Å². The van der Waals surface area contributed by atoms with Crippen LogP contribution in [0.1, 0.15) is 40.5 Å². The molecule has 1 N–H and O–H groups in total. The molecule has 0 unspecified atom stereocenters. The van der Waals surface area contributed by atoms with Gasteiger partial charge in [0.25, 0.3) is 5.95 Å². The summed E-state index contributed by atoms with van der Waals surface area (Å²) in [5, 5.41) is 7.63. The van der Waals surface area contributed by atoms with E-state index in [-0.39, 0.29) is 18.2 Å². The number of rotatable bonds is 5. The van der Waals surface area contributed by atoms with Gasteiger partial charge in [-0.05, 0) is 32.9 Å². The number of benzene rings is 1. The van der Waals surface area contributed by atoms with Gasteiger partial charge < -0.3 is 19.5 Å². The Balaban J connectivity index is 1.92. The minimum Gasteiger partial charge on any atom is -0.496 e. The predicted octanol–water partition coefficient (Wildman–Crippen LogP) is 3.09. The maximum Gasteiger partial charge on any atom is 0.252 e. The van der Waals surface area contributed by atoms with E-state index in [4.69, 9.17) is 14.2 Å². The number of nitrogens with one attached hydrogen (secondary N) is 1. The molecule has 0 aliphatic carbocycles. The van der Waals surface area contributed by atoms with Crippen molar-refractivity contribution in [2.24, 2.45) is 0 Å². The van der Waals surface area contributed by atoms with Crippen LogP contribution in [-0.4, -0.2) is 47.0 Å². The van der Waals surface area contributed by atoms with Crippen molar-refractivity contribution in [3.05, 3.63) is 46.4 Å². The highest BCUT2D eigenvalue weighted by Crippen LogP contribution is 2.46. The second-order valence-electron chi connectivity index (χ2n) is 7.46. The number of aryl methyl sites for hydroxylation is 3. The number of ether oxygens (including phenoxy) is 3. The molecule has 9 nitrogen and oxygen atoms in total. The molecule has 1 amide bonds. The largest absolute Gasteiger partial charge is 0.496 e. The highest BCUT2D eigenvalue weighted by molar-refractivity contribution is 5.95. The molecule has 2 aromatic heterocycles. The van der Waals surface area contributed by atoms with Crippen molar-refractivity contribution in [1.82, 2.24) is 19.7 Å². The number of aromatic nitrogens is 4. The Morgan fingerprint density at radius 1 is 0.935 bits per heavy atom. The number of anilines is 1. The van der Waals surface area contributed by atoms with Crippen LogP contribution in [0.15, 0.2) is 18.2 Å². The highest BCUT2D eigenvalue weighted by Gasteiger charge is 2.35. The third kappa shape index (κ3) is 3.56. The van der Waals surface area contributed by atoms with Crippen LogP contribution in [0.4, 0.5) is 5.82 Å². The molecule has 0 radical (unpaired) electrons. The number of hydrogen-bond donors (Lipinski definition) is 1. The Bertz CT molecular complexity index is 1150. The molecule has 4 rings (SSSR count). The second-order valence-corrected chi connectivity index (χ2v) is 7.46. The van der Waals surface area contributed by atoms with E-state index in [9.17, 15) is 4.79 Å². The summed E-state index contributed by atoms with van der Waals surface area (Å²) in [6.45, 7) is 5.71. The molecular formula is C22H25N5O4. The van der Waals surface area contributed by atoms with Gasteiger partial charge in [0, 0.05) is 40.9 Å². The summed E-state index contributed by atoms with van der Waals surface area (Å²) in [5.41, 5.74) is 4.14. The average Bonchev–Trinajstić information content (AvgIpc) is 3.07. The standard InChI is InChI=1S/C22H25N5O4/c1-11-7-12(2)24-22(23-11)27-21-20(13(3)26-27)15(9-19(28)25-21)14-8-17(30-5)18(31-6)10-16(14)29-4/h7-8,10,15H,9H2,1-6H3,(H,25,28)/t15-/m0/s1. The van der Waals surface area contributed by atoms with E-state index >= 15 is 0 Å². The number of methoxy groups -OCH3 is 3. The van der Waals surface area contributed by atoms with E-state index in [1.54, 1.807) is 32.1 Å². The number of fused-ring (bicyclic) bond motifs is 1. The SMILES string of the molecule is COc1cc(OC)c([C@@H]2CC(=O)Nc3c2c(C)nn3-c2nc(C)cc(C)n2)cc1OC. The summed E-state index contributed by atoms with van der Waals surface area (Å²) >= 11 is 0. The van der Waals surface area contributed by atoms with Crippen molar-refractivity contribution in [1.29, 1.82) is 0 Å². The summed E-state index contributed by atoms with van der Waals surface area (Å²) < 4.78 is 18.1. The van der Waals surface area contributed by atoms with Crippen molar-refractivity contribution in [2.75, 3.05) is 26.6 Å². The molecule has 3 heterocycles. The van der Waals surface area contributed by atoms with Crippen molar-refractivity contribution in [2.45, 2.75) is 33.1 Å². The number of carbonyl (C=O) groups is 1. The van der Waals surface area contributed by atoms with Crippen LogP contribution in [0, 0.1) is 20.8 Å². The topological polar surface area (TPSA) is 100 Å². The summed E-state index contributed by atoms with van der Waals surface area (Å²) in [5.74, 6) is 2.31. The van der Waals surface area contributed by atoms with Gasteiger partial charge >= 0.3 is 0 Å². The van der Waals surface area contributed by atoms with Crippen LogP contribution < -0.4 is 19.5 Å². The van der Waals surface area contributed by atoms with Gasteiger partial charge in [-0.25, -0.2) is 9.97 Å². The lowest BCUT2D eigenvalue weighted by Gasteiger charge is -2.26. The lowest BCUT2D eigenvalue weighted by Crippen LogP contribution is -2.25. The molecule has 0 saturated carbocycles. The van der Waals surface area contributed by atoms with Crippen molar-refractivity contribution in [3.8, 4) is 23.2 Å². The van der Waals surface area contributed by atoms with Gasteiger partial charge in [0.2, 0.25) is 5.91 Å². The number of carbonyl (C=O) groups excluding carboxylic acids is 1.